The van der Waals surface area contributed by atoms with Gasteiger partial charge in [0.25, 0.3) is 0 Å². The number of fused-ring (bicyclic) bond motifs is 1. The zero-order valence-electron chi connectivity index (χ0n) is 9.70. The van der Waals surface area contributed by atoms with Gasteiger partial charge in [-0.05, 0) is 40.4 Å². The third-order valence-electron chi connectivity index (χ3n) is 2.83. The molecule has 0 unspecified atom stereocenters. The van der Waals surface area contributed by atoms with Gasteiger partial charge in [-0.2, -0.15) is 5.26 Å². The Morgan fingerprint density at radius 2 is 2.18 bits per heavy atom. The van der Waals surface area contributed by atoms with Crippen LogP contribution < -0.4 is 0 Å². The van der Waals surface area contributed by atoms with Gasteiger partial charge >= 0.3 is 0 Å². The summed E-state index contributed by atoms with van der Waals surface area (Å²) in [6, 6.07) is 8.42. The smallest absolute Gasteiger partial charge is 0.148 e. The molecule has 0 saturated heterocycles. The second kappa shape index (κ2) is 5.29. The van der Waals surface area contributed by atoms with Gasteiger partial charge in [-0.15, -0.1) is 0 Å². The molecule has 0 N–H and O–H groups in total. The van der Waals surface area contributed by atoms with E-state index in [9.17, 15) is 0 Å². The highest BCUT2D eigenvalue weighted by atomic mass is 79.9. The van der Waals surface area contributed by atoms with Crippen molar-refractivity contribution >= 4 is 26.7 Å². The Morgan fingerprint density at radius 3 is 2.88 bits per heavy atom. The number of halogens is 1. The van der Waals surface area contributed by atoms with Gasteiger partial charge in [0.15, 0.2) is 0 Å². The largest absolute Gasteiger partial charge is 0.244 e. The van der Waals surface area contributed by atoms with E-state index in [2.05, 4.69) is 52.1 Å². The Balaban J connectivity index is 2.55. The molecule has 2 rings (SSSR count). The van der Waals surface area contributed by atoms with Crippen molar-refractivity contribution < 1.29 is 0 Å². The van der Waals surface area contributed by atoms with Crippen LogP contribution in [-0.2, 0) is 6.42 Å². The first-order valence-electron chi connectivity index (χ1n) is 5.73. The Morgan fingerprint density at radius 1 is 1.35 bits per heavy atom. The Bertz CT molecular complexity index is 585. The summed E-state index contributed by atoms with van der Waals surface area (Å²) in [5, 5.41) is 11.1. The number of hydrogen-bond donors (Lipinski definition) is 0. The molecule has 0 aliphatic carbocycles. The van der Waals surface area contributed by atoms with Crippen molar-refractivity contribution in [2.45, 2.75) is 26.2 Å². The summed E-state index contributed by atoms with van der Waals surface area (Å²) in [5.41, 5.74) is 1.78. The third-order valence-corrected chi connectivity index (χ3v) is 3.46. The first kappa shape index (κ1) is 12.1. The highest BCUT2D eigenvalue weighted by Gasteiger charge is 2.06. The van der Waals surface area contributed by atoms with Crippen molar-refractivity contribution in [3.05, 3.63) is 40.1 Å². The Kier molecular flexibility index (Phi) is 3.75. The molecule has 86 valence electrons. The molecular weight excluding hydrogens is 276 g/mol. The highest BCUT2D eigenvalue weighted by Crippen LogP contribution is 2.26. The summed E-state index contributed by atoms with van der Waals surface area (Å²) in [6.45, 7) is 2.18. The molecular formula is C14H13BrN2. The SMILES string of the molecule is CCCCc1ccc2c(Br)cnc(C#N)c2c1. The summed E-state index contributed by atoms with van der Waals surface area (Å²) in [5.74, 6) is 0. The minimum Gasteiger partial charge on any atom is -0.244 e. The monoisotopic (exact) mass is 288 g/mol. The lowest BCUT2D eigenvalue weighted by Crippen LogP contribution is -1.90. The molecule has 0 aliphatic heterocycles. The maximum atomic E-state index is 9.07. The lowest BCUT2D eigenvalue weighted by molar-refractivity contribution is 0.796. The van der Waals surface area contributed by atoms with Gasteiger partial charge < -0.3 is 0 Å². The average Bonchev–Trinajstić information content (AvgIpc) is 2.37. The van der Waals surface area contributed by atoms with E-state index in [0.29, 0.717) is 5.69 Å². The minimum atomic E-state index is 0.501. The fraction of sp³-hybridized carbons (Fsp3) is 0.286. The van der Waals surface area contributed by atoms with E-state index in [1.165, 1.54) is 18.4 Å². The number of aromatic nitrogens is 1. The second-order valence-corrected chi connectivity index (χ2v) is 4.90. The maximum Gasteiger partial charge on any atom is 0.148 e. The molecule has 3 heteroatoms. The molecule has 2 nitrogen and oxygen atoms in total. The quantitative estimate of drug-likeness (QED) is 0.848. The Labute approximate surface area is 109 Å². The summed E-state index contributed by atoms with van der Waals surface area (Å²) >= 11 is 3.47. The summed E-state index contributed by atoms with van der Waals surface area (Å²) in [7, 11) is 0. The van der Waals surface area contributed by atoms with Crippen LogP contribution >= 0.6 is 15.9 Å². The predicted molar refractivity (Wildman–Crippen MR) is 72.8 cm³/mol. The molecule has 1 aromatic carbocycles. The lowest BCUT2D eigenvalue weighted by atomic mass is 10.0. The van der Waals surface area contributed by atoms with Crippen LogP contribution in [-0.4, -0.2) is 4.98 Å². The van der Waals surface area contributed by atoms with Gasteiger partial charge in [0.1, 0.15) is 11.8 Å². The van der Waals surface area contributed by atoms with Crippen molar-refractivity contribution in [2.24, 2.45) is 0 Å². The van der Waals surface area contributed by atoms with Gasteiger partial charge in [0.05, 0.1) is 0 Å². The summed E-state index contributed by atoms with van der Waals surface area (Å²) in [4.78, 5) is 4.14. The molecule has 1 aromatic heterocycles. The summed E-state index contributed by atoms with van der Waals surface area (Å²) < 4.78 is 0.938. The molecule has 0 bridgehead atoms. The third kappa shape index (κ3) is 2.48. The second-order valence-electron chi connectivity index (χ2n) is 4.05. The molecule has 0 radical (unpaired) electrons. The van der Waals surface area contributed by atoms with Gasteiger partial charge in [-0.1, -0.05) is 25.5 Å². The minimum absolute atomic E-state index is 0.501. The number of hydrogen-bond acceptors (Lipinski definition) is 2. The van der Waals surface area contributed by atoms with E-state index in [1.807, 2.05) is 0 Å². The molecule has 0 atom stereocenters. The van der Waals surface area contributed by atoms with Crippen LogP contribution in [0.1, 0.15) is 31.0 Å². The normalized spacial score (nSPS) is 10.4. The van der Waals surface area contributed by atoms with E-state index >= 15 is 0 Å². The highest BCUT2D eigenvalue weighted by molar-refractivity contribution is 9.10. The van der Waals surface area contributed by atoms with Crippen molar-refractivity contribution in [1.29, 1.82) is 5.26 Å². The van der Waals surface area contributed by atoms with Crippen LogP contribution in [0.25, 0.3) is 10.8 Å². The van der Waals surface area contributed by atoms with Crippen molar-refractivity contribution in [1.82, 2.24) is 4.98 Å². The maximum absolute atomic E-state index is 9.07. The molecule has 2 aromatic rings. The van der Waals surface area contributed by atoms with E-state index in [1.54, 1.807) is 6.20 Å². The van der Waals surface area contributed by atoms with Gasteiger partial charge in [0.2, 0.25) is 0 Å². The van der Waals surface area contributed by atoms with Crippen LogP contribution in [0, 0.1) is 11.3 Å². The zero-order chi connectivity index (χ0) is 12.3. The number of benzene rings is 1. The molecule has 0 spiro atoms. The fourth-order valence-electron chi connectivity index (χ4n) is 1.88. The zero-order valence-corrected chi connectivity index (χ0v) is 11.3. The number of nitrogens with zero attached hydrogens (tertiary/aromatic N) is 2. The van der Waals surface area contributed by atoms with Crippen LogP contribution in [0.5, 0.6) is 0 Å². The number of rotatable bonds is 3. The molecule has 0 fully saturated rings. The fourth-order valence-corrected chi connectivity index (χ4v) is 2.33. The lowest BCUT2D eigenvalue weighted by Gasteiger charge is -2.05. The van der Waals surface area contributed by atoms with E-state index < -0.39 is 0 Å². The van der Waals surface area contributed by atoms with E-state index in [-0.39, 0.29) is 0 Å². The average molecular weight is 289 g/mol. The van der Waals surface area contributed by atoms with E-state index in [0.717, 1.165) is 21.7 Å². The van der Waals surface area contributed by atoms with Crippen LogP contribution in [0.4, 0.5) is 0 Å². The van der Waals surface area contributed by atoms with Crippen molar-refractivity contribution in [3.63, 3.8) is 0 Å². The molecule has 17 heavy (non-hydrogen) atoms. The van der Waals surface area contributed by atoms with E-state index in [4.69, 9.17) is 5.26 Å². The number of pyridine rings is 1. The Hall–Kier alpha value is -1.40. The van der Waals surface area contributed by atoms with Crippen LogP contribution in [0.15, 0.2) is 28.9 Å². The molecule has 0 aliphatic rings. The molecule has 1 heterocycles. The standard InChI is InChI=1S/C14H13BrN2/c1-2-3-4-10-5-6-11-12(7-10)14(8-16)17-9-13(11)15/h5-7,9H,2-4H2,1H3. The first-order valence-corrected chi connectivity index (χ1v) is 6.52. The van der Waals surface area contributed by atoms with Gasteiger partial charge in [-0.25, -0.2) is 4.98 Å². The predicted octanol–water partition coefficient (Wildman–Crippen LogP) is 4.21. The molecule has 0 saturated carbocycles. The van der Waals surface area contributed by atoms with Crippen LogP contribution in [0.3, 0.4) is 0 Å². The first-order chi connectivity index (χ1) is 8.26. The van der Waals surface area contributed by atoms with Gasteiger partial charge in [-0.3, -0.25) is 0 Å². The van der Waals surface area contributed by atoms with Crippen molar-refractivity contribution in [2.75, 3.05) is 0 Å². The molecule has 0 amide bonds. The number of nitriles is 1. The number of aryl methyl sites for hydroxylation is 1. The van der Waals surface area contributed by atoms with Gasteiger partial charge in [0, 0.05) is 21.4 Å². The number of unbranched alkanes of at least 4 members (excludes halogenated alkanes) is 1. The summed E-state index contributed by atoms with van der Waals surface area (Å²) in [6.07, 6.45) is 5.10. The topological polar surface area (TPSA) is 36.7 Å². The van der Waals surface area contributed by atoms with Crippen LogP contribution in [0.2, 0.25) is 0 Å². The van der Waals surface area contributed by atoms with Crippen molar-refractivity contribution in [3.8, 4) is 6.07 Å².